The number of hydrogen-bond acceptors (Lipinski definition) is 12. The molecule has 0 spiro atoms. The van der Waals surface area contributed by atoms with Gasteiger partial charge in [0.2, 0.25) is 11.8 Å². The summed E-state index contributed by atoms with van der Waals surface area (Å²) in [5.74, 6) is -0.502. The first kappa shape index (κ1) is 52.8. The van der Waals surface area contributed by atoms with E-state index in [1.807, 2.05) is 0 Å². The first-order valence-corrected chi connectivity index (χ1v) is 27.2. The quantitative estimate of drug-likeness (QED) is 0.0755. The standard InChI is InChI=1S/C23H21F2N5OS.C21H20BrF2N5OS.C5H9Si/c1-5-14-11-28-18(12-27-14)17(25)9-13-6-7-16(24)15(8-13)22(2)19-10-23(19,20(31)30(3)4)32-21(26)29-22;1-20(16-8-21(16,18(30)29(2)3)31-19(25)28-20)12-6-11(4-5-13(12)23)7-14(24)15-9-27-17(22)10-26-15;1-5-6(2,3)4/h1,6-9,11-12,19H,10H2,2-4H3,(H2,26,29);4-7,9-10,16H,8H2,1-3H3,(H2,25,28);2-4H3/q;;+1/b17-9-;14-7-;/t19-,22+,23-;16-,20+,21-;/m00./s1. The molecule has 2 aliphatic heterocycles. The Bertz CT molecular complexity index is 2900. The van der Waals surface area contributed by atoms with Crippen LogP contribution in [0.3, 0.4) is 0 Å². The number of terminal acetylenes is 1. The number of thioether (sulfide) groups is 2. The van der Waals surface area contributed by atoms with Crippen molar-refractivity contribution >= 4 is 93.5 Å². The first-order valence-electron chi connectivity index (χ1n) is 21.3. The number of benzene rings is 2. The topological polar surface area (TPSA) is 169 Å². The molecule has 0 bridgehead atoms. The number of rotatable bonds is 8. The van der Waals surface area contributed by atoms with Crippen LogP contribution in [0.5, 0.6) is 0 Å². The molecular formula is C49H50BrF4N10O2S2Si+. The second-order valence-corrected chi connectivity index (χ2v) is 26.8. The number of nitrogens with zero attached hydrogens (tertiary/aromatic N) is 8. The predicted molar refractivity (Wildman–Crippen MR) is 273 cm³/mol. The summed E-state index contributed by atoms with van der Waals surface area (Å²) in [4.78, 5) is 53.6. The van der Waals surface area contributed by atoms with E-state index in [4.69, 9.17) is 24.3 Å². The van der Waals surface area contributed by atoms with Crippen LogP contribution in [0, 0.1) is 47.8 Å². The molecule has 0 unspecified atom stereocenters. The van der Waals surface area contributed by atoms with Crippen LogP contribution in [-0.4, -0.2) is 97.6 Å². The van der Waals surface area contributed by atoms with Gasteiger partial charge in [-0.25, -0.2) is 37.5 Å². The molecule has 12 nitrogen and oxygen atoms in total. The van der Waals surface area contributed by atoms with E-state index in [9.17, 15) is 27.2 Å². The van der Waals surface area contributed by atoms with Gasteiger partial charge in [-0.05, 0) is 96.1 Å². The molecule has 358 valence electrons. The van der Waals surface area contributed by atoms with Crippen LogP contribution in [0.15, 0.2) is 75.8 Å². The van der Waals surface area contributed by atoms with Crippen molar-refractivity contribution in [1.29, 1.82) is 0 Å². The van der Waals surface area contributed by atoms with Crippen LogP contribution in [0.1, 0.15) is 66.0 Å². The molecule has 2 aromatic carbocycles. The number of aliphatic imine (C=N–C) groups is 2. The van der Waals surface area contributed by atoms with Crippen LogP contribution in [0.4, 0.5) is 17.6 Å². The van der Waals surface area contributed by atoms with Gasteiger partial charge in [-0.3, -0.25) is 19.6 Å². The van der Waals surface area contributed by atoms with Crippen LogP contribution in [0.25, 0.3) is 23.8 Å². The van der Waals surface area contributed by atoms with E-state index < -0.39 is 51.9 Å². The molecule has 2 aliphatic carbocycles. The van der Waals surface area contributed by atoms with Gasteiger partial charge >= 0.3 is 39.7 Å². The Morgan fingerprint density at radius 3 is 1.51 bits per heavy atom. The average molecular weight is 1060 g/mol. The number of fused-ring (bicyclic) bond motifs is 2. The molecule has 2 saturated carbocycles. The molecule has 0 saturated heterocycles. The molecule has 69 heavy (non-hydrogen) atoms. The predicted octanol–water partition coefficient (Wildman–Crippen LogP) is 8.61. The van der Waals surface area contributed by atoms with Crippen molar-refractivity contribution < 1.29 is 27.2 Å². The zero-order valence-corrected chi connectivity index (χ0v) is 43.5. The monoisotopic (exact) mass is 1060 g/mol. The van der Waals surface area contributed by atoms with E-state index in [0.717, 1.165) is 0 Å². The molecule has 4 aliphatic rings. The molecule has 2 fully saturated rings. The molecule has 4 heterocycles. The van der Waals surface area contributed by atoms with E-state index in [0.29, 0.717) is 34.3 Å². The van der Waals surface area contributed by atoms with Crippen LogP contribution in [-0.2, 0) is 20.7 Å². The van der Waals surface area contributed by atoms with Gasteiger partial charge < -0.3 is 21.3 Å². The zero-order chi connectivity index (χ0) is 51.0. The van der Waals surface area contributed by atoms with E-state index in [2.05, 4.69) is 77.0 Å². The molecule has 6 atom stereocenters. The van der Waals surface area contributed by atoms with Gasteiger partial charge in [0.1, 0.15) is 42.8 Å². The van der Waals surface area contributed by atoms with Crippen molar-refractivity contribution in [2.45, 2.75) is 66.9 Å². The fourth-order valence-electron chi connectivity index (χ4n) is 8.31. The molecule has 8 rings (SSSR count). The summed E-state index contributed by atoms with van der Waals surface area (Å²) >= 11 is 5.63. The van der Waals surface area contributed by atoms with Crippen molar-refractivity contribution in [2.75, 3.05) is 28.2 Å². The van der Waals surface area contributed by atoms with Crippen molar-refractivity contribution in [1.82, 2.24) is 29.7 Å². The van der Waals surface area contributed by atoms with Gasteiger partial charge in [0.15, 0.2) is 22.0 Å². The summed E-state index contributed by atoms with van der Waals surface area (Å²) in [6, 6.07) is 8.56. The molecule has 20 heteroatoms. The molecular weight excluding hydrogens is 1010 g/mol. The SMILES string of the molecule is C#Cc1cnc(/C(F)=C/c2ccc(F)c([C@@]3(C)N=C(N)S[C@@]4(C(=O)N(C)C)C[C@H]43)c2)cn1.CN(C)C(=O)[C@]12C[C@H]1[C@@](C)(c1cc(/C=C(\F)c3cnc(Br)cn3)ccc1F)N=C(N)S2.[C+]#C[Si](C)(C)C. The first-order chi connectivity index (χ1) is 32.2. The number of aromatic nitrogens is 4. The number of hydrogen-bond donors (Lipinski definition) is 2. The Hall–Kier alpha value is -5.58. The third kappa shape index (κ3) is 11.1. The van der Waals surface area contributed by atoms with Crippen LogP contribution < -0.4 is 11.5 Å². The average Bonchev–Trinajstić information content (AvgIpc) is 4.22. The van der Waals surface area contributed by atoms with E-state index in [1.165, 1.54) is 101 Å². The van der Waals surface area contributed by atoms with Gasteiger partial charge in [0.25, 0.3) is 0 Å². The van der Waals surface area contributed by atoms with Crippen molar-refractivity contribution in [3.05, 3.63) is 123 Å². The zero-order valence-electron chi connectivity index (χ0n) is 39.3. The maximum atomic E-state index is 15.0. The number of carbonyl (C=O) groups is 2. The van der Waals surface area contributed by atoms with Crippen LogP contribution in [0.2, 0.25) is 19.6 Å². The number of amides is 2. The fourth-order valence-corrected chi connectivity index (χ4v) is 11.5. The Morgan fingerprint density at radius 1 is 0.768 bits per heavy atom. The third-order valence-electron chi connectivity index (χ3n) is 11.9. The number of halogens is 5. The Kier molecular flexibility index (Phi) is 15.3. The summed E-state index contributed by atoms with van der Waals surface area (Å²) in [7, 11) is 5.52. The summed E-state index contributed by atoms with van der Waals surface area (Å²) in [6.45, 7) is 9.79. The maximum absolute atomic E-state index is 15.0. The molecule has 4 aromatic rings. The summed E-state index contributed by atoms with van der Waals surface area (Å²) in [5.41, 5.74) is 14.3. The molecule has 4 N–H and O–H groups in total. The Labute approximate surface area is 417 Å². The minimum absolute atomic E-state index is 0.00945. The number of carbonyl (C=O) groups excluding carboxylic acids is 2. The Morgan fingerprint density at radius 2 is 1.17 bits per heavy atom. The summed E-state index contributed by atoms with van der Waals surface area (Å²) in [5, 5.41) is 0.468. The second kappa shape index (κ2) is 20.0. The summed E-state index contributed by atoms with van der Waals surface area (Å²) < 4.78 is 58.3. The van der Waals surface area contributed by atoms with Gasteiger partial charge in [0.05, 0.1) is 35.9 Å². The van der Waals surface area contributed by atoms with Crippen molar-refractivity contribution in [3.63, 3.8) is 0 Å². The van der Waals surface area contributed by atoms with Crippen LogP contribution >= 0.6 is 39.5 Å². The van der Waals surface area contributed by atoms with Gasteiger partial charge in [-0.1, -0.05) is 35.7 Å². The van der Waals surface area contributed by atoms with Gasteiger partial charge in [-0.15, -0.1) is 6.42 Å². The molecule has 2 aromatic heterocycles. The van der Waals surface area contributed by atoms with Crippen molar-refractivity contribution in [2.24, 2.45) is 33.3 Å². The van der Waals surface area contributed by atoms with E-state index in [-0.39, 0.29) is 56.5 Å². The van der Waals surface area contributed by atoms with Gasteiger partial charge in [-0.2, -0.15) is 0 Å². The second-order valence-electron chi connectivity index (χ2n) is 18.6. The summed E-state index contributed by atoms with van der Waals surface area (Å²) in [6.07, 6.45) is 20.7. The van der Waals surface area contributed by atoms with Gasteiger partial charge in [0, 0.05) is 51.2 Å². The Balaban J connectivity index is 0.000000203. The van der Waals surface area contributed by atoms with E-state index in [1.54, 1.807) is 48.1 Å². The van der Waals surface area contributed by atoms with Crippen molar-refractivity contribution in [3.8, 4) is 17.9 Å². The molecule has 2 amide bonds. The number of nitrogens with two attached hydrogens (primary N) is 2. The number of amidine groups is 2. The third-order valence-corrected chi connectivity index (χ3v) is 15.7. The molecule has 0 radical (unpaired) electrons. The fraction of sp³-hybridized carbons (Fsp3) is 0.347. The minimum atomic E-state index is -1.21. The van der Waals surface area contributed by atoms with E-state index >= 15 is 0 Å². The normalized spacial score (nSPS) is 25.6.